The Balaban J connectivity index is 1.38. The molecule has 2 aromatic rings. The van der Waals surface area contributed by atoms with Crippen molar-refractivity contribution >= 4 is 39.1 Å². The molecule has 4 rings (SSSR count). The molecule has 146 valence electrons. The van der Waals surface area contributed by atoms with Crippen LogP contribution >= 0.6 is 15.9 Å². The first-order valence-electron chi connectivity index (χ1n) is 9.59. The molecule has 7 heteroatoms. The quantitative estimate of drug-likeness (QED) is 0.640. The largest absolute Gasteiger partial charge is 0.384 e. The first-order chi connectivity index (χ1) is 13.6. The van der Waals surface area contributed by atoms with Crippen LogP contribution < -0.4 is 16.0 Å². The normalized spacial score (nSPS) is 16.0. The number of nitrogens with one attached hydrogen (secondary N) is 3. The Labute approximate surface area is 172 Å². The number of nitrogens with zero attached hydrogens (tertiary/aromatic N) is 1. The van der Waals surface area contributed by atoms with Gasteiger partial charge in [-0.15, -0.1) is 0 Å². The van der Waals surface area contributed by atoms with E-state index < -0.39 is 0 Å². The van der Waals surface area contributed by atoms with E-state index in [9.17, 15) is 9.59 Å². The van der Waals surface area contributed by atoms with Gasteiger partial charge in [0.15, 0.2) is 0 Å². The van der Waals surface area contributed by atoms with E-state index in [4.69, 9.17) is 0 Å². The summed E-state index contributed by atoms with van der Waals surface area (Å²) in [7, 11) is 0. The number of rotatable bonds is 6. The van der Waals surface area contributed by atoms with Crippen molar-refractivity contribution in [2.24, 2.45) is 0 Å². The van der Waals surface area contributed by atoms with Crippen LogP contribution in [0.15, 0.2) is 40.9 Å². The van der Waals surface area contributed by atoms with Crippen molar-refractivity contribution in [3.05, 3.63) is 57.6 Å². The molecule has 0 atom stereocenters. The minimum atomic E-state index is -0.229. The summed E-state index contributed by atoms with van der Waals surface area (Å²) < 4.78 is 0.864. The van der Waals surface area contributed by atoms with Gasteiger partial charge in [0.25, 0.3) is 11.8 Å². The summed E-state index contributed by atoms with van der Waals surface area (Å²) in [6.45, 7) is 4.79. The molecule has 2 aromatic carbocycles. The van der Waals surface area contributed by atoms with Crippen molar-refractivity contribution in [2.75, 3.05) is 36.8 Å². The number of likely N-dealkylation sites (tertiary alicyclic amines) is 1. The number of benzene rings is 2. The van der Waals surface area contributed by atoms with Gasteiger partial charge in [-0.05, 0) is 62.3 Å². The predicted molar refractivity (Wildman–Crippen MR) is 114 cm³/mol. The van der Waals surface area contributed by atoms with Crippen LogP contribution in [0.2, 0.25) is 0 Å². The van der Waals surface area contributed by atoms with E-state index >= 15 is 0 Å². The fourth-order valence-electron chi connectivity index (χ4n) is 3.71. The zero-order chi connectivity index (χ0) is 19.5. The standard InChI is InChI=1S/C21H23BrN4O2/c22-17-7-8-18(19-16(17)13-24-21(19)28)25-20(27)14-3-5-15(6-4-14)23-9-12-26-10-1-2-11-26/h3-8,23H,1-2,9-13H2,(H,24,28)(H,25,27). The highest BCUT2D eigenvalue weighted by Gasteiger charge is 2.25. The summed E-state index contributed by atoms with van der Waals surface area (Å²) in [4.78, 5) is 27.2. The summed E-state index contributed by atoms with van der Waals surface area (Å²) in [5.41, 5.74) is 3.49. The van der Waals surface area contributed by atoms with E-state index in [2.05, 4.69) is 36.8 Å². The highest BCUT2D eigenvalue weighted by Crippen LogP contribution is 2.31. The summed E-state index contributed by atoms with van der Waals surface area (Å²) in [6.07, 6.45) is 2.60. The van der Waals surface area contributed by atoms with Crippen LogP contribution in [-0.4, -0.2) is 42.9 Å². The maximum atomic E-state index is 12.6. The lowest BCUT2D eigenvalue weighted by atomic mass is 10.1. The SMILES string of the molecule is O=C(Nc1ccc(Br)c2c1C(=O)NC2)c1ccc(NCCN2CCCC2)cc1. The first kappa shape index (κ1) is 19.0. The van der Waals surface area contributed by atoms with Crippen molar-refractivity contribution in [1.29, 1.82) is 0 Å². The minimum Gasteiger partial charge on any atom is -0.384 e. The molecule has 1 saturated heterocycles. The molecule has 0 aromatic heterocycles. The molecule has 0 radical (unpaired) electrons. The lowest BCUT2D eigenvalue weighted by Crippen LogP contribution is -2.25. The average molecular weight is 443 g/mol. The van der Waals surface area contributed by atoms with Gasteiger partial charge < -0.3 is 20.9 Å². The lowest BCUT2D eigenvalue weighted by molar-refractivity contribution is 0.0966. The van der Waals surface area contributed by atoms with E-state index in [-0.39, 0.29) is 11.8 Å². The zero-order valence-electron chi connectivity index (χ0n) is 15.6. The average Bonchev–Trinajstić information content (AvgIpc) is 3.35. The fourth-order valence-corrected chi connectivity index (χ4v) is 4.18. The minimum absolute atomic E-state index is 0.163. The van der Waals surface area contributed by atoms with Gasteiger partial charge in [-0.2, -0.15) is 0 Å². The molecule has 6 nitrogen and oxygen atoms in total. The molecular weight excluding hydrogens is 420 g/mol. The number of hydrogen-bond donors (Lipinski definition) is 3. The number of fused-ring (bicyclic) bond motifs is 1. The van der Waals surface area contributed by atoms with Crippen LogP contribution in [0.5, 0.6) is 0 Å². The molecule has 28 heavy (non-hydrogen) atoms. The van der Waals surface area contributed by atoms with E-state index in [1.165, 1.54) is 25.9 Å². The van der Waals surface area contributed by atoms with Crippen molar-refractivity contribution in [3.8, 4) is 0 Å². The van der Waals surface area contributed by atoms with Gasteiger partial charge in [0.05, 0.1) is 11.3 Å². The highest BCUT2D eigenvalue weighted by molar-refractivity contribution is 9.10. The third kappa shape index (κ3) is 4.05. The molecule has 3 N–H and O–H groups in total. The topological polar surface area (TPSA) is 73.5 Å². The molecule has 0 spiro atoms. The van der Waals surface area contributed by atoms with Crippen LogP contribution in [0, 0.1) is 0 Å². The predicted octanol–water partition coefficient (Wildman–Crippen LogP) is 3.45. The van der Waals surface area contributed by atoms with Crippen LogP contribution in [0.4, 0.5) is 11.4 Å². The smallest absolute Gasteiger partial charge is 0.255 e. The Morgan fingerprint density at radius 3 is 2.61 bits per heavy atom. The van der Waals surface area contributed by atoms with Crippen LogP contribution in [-0.2, 0) is 6.54 Å². The molecule has 0 bridgehead atoms. The molecule has 2 aliphatic heterocycles. The molecule has 0 saturated carbocycles. The fraction of sp³-hybridized carbons (Fsp3) is 0.333. The monoisotopic (exact) mass is 442 g/mol. The highest BCUT2D eigenvalue weighted by atomic mass is 79.9. The maximum absolute atomic E-state index is 12.6. The van der Waals surface area contributed by atoms with Gasteiger partial charge in [0, 0.05) is 40.9 Å². The number of anilines is 2. The molecule has 2 heterocycles. The number of hydrogen-bond acceptors (Lipinski definition) is 4. The third-order valence-corrected chi connectivity index (χ3v) is 6.00. The van der Waals surface area contributed by atoms with Crippen molar-refractivity contribution in [3.63, 3.8) is 0 Å². The molecule has 0 aliphatic carbocycles. The third-order valence-electron chi connectivity index (χ3n) is 5.26. The van der Waals surface area contributed by atoms with Crippen LogP contribution in [0.1, 0.15) is 39.1 Å². The van der Waals surface area contributed by atoms with Gasteiger partial charge in [-0.25, -0.2) is 0 Å². The molecule has 1 fully saturated rings. The molecule has 2 amide bonds. The van der Waals surface area contributed by atoms with E-state index in [1.807, 2.05) is 18.2 Å². The second kappa shape index (κ2) is 8.32. The van der Waals surface area contributed by atoms with Crippen molar-refractivity contribution in [1.82, 2.24) is 10.2 Å². The number of carbonyl (C=O) groups excluding carboxylic acids is 2. The summed E-state index contributed by atoms with van der Waals surface area (Å²) in [5, 5.41) is 9.06. The first-order valence-corrected chi connectivity index (χ1v) is 10.4. The van der Waals surface area contributed by atoms with E-state index in [0.717, 1.165) is 28.8 Å². The molecule has 0 unspecified atom stereocenters. The van der Waals surface area contributed by atoms with Gasteiger partial charge in [-0.1, -0.05) is 15.9 Å². The van der Waals surface area contributed by atoms with Crippen LogP contribution in [0.25, 0.3) is 0 Å². The Bertz CT molecular complexity index is 892. The number of amides is 2. The molecular formula is C21H23BrN4O2. The Morgan fingerprint density at radius 2 is 1.86 bits per heavy atom. The van der Waals surface area contributed by atoms with Crippen LogP contribution in [0.3, 0.4) is 0 Å². The number of halogens is 1. The van der Waals surface area contributed by atoms with Crippen molar-refractivity contribution < 1.29 is 9.59 Å². The summed E-state index contributed by atoms with van der Waals surface area (Å²) in [5.74, 6) is -0.392. The van der Waals surface area contributed by atoms with Gasteiger partial charge >= 0.3 is 0 Å². The Hall–Kier alpha value is -2.38. The Kier molecular flexibility index (Phi) is 5.64. The van der Waals surface area contributed by atoms with Crippen molar-refractivity contribution in [2.45, 2.75) is 19.4 Å². The Morgan fingerprint density at radius 1 is 1.11 bits per heavy atom. The zero-order valence-corrected chi connectivity index (χ0v) is 17.1. The van der Waals surface area contributed by atoms with E-state index in [1.54, 1.807) is 18.2 Å². The second-order valence-corrected chi connectivity index (χ2v) is 7.99. The van der Waals surface area contributed by atoms with Gasteiger partial charge in [-0.3, -0.25) is 9.59 Å². The second-order valence-electron chi connectivity index (χ2n) is 7.14. The number of carbonyl (C=O) groups is 2. The van der Waals surface area contributed by atoms with Gasteiger partial charge in [0.1, 0.15) is 0 Å². The lowest BCUT2D eigenvalue weighted by Gasteiger charge is -2.15. The van der Waals surface area contributed by atoms with Gasteiger partial charge in [0.2, 0.25) is 0 Å². The maximum Gasteiger partial charge on any atom is 0.255 e. The summed E-state index contributed by atoms with van der Waals surface area (Å²) >= 11 is 3.46. The molecule has 2 aliphatic rings. The summed E-state index contributed by atoms with van der Waals surface area (Å²) in [6, 6.07) is 11.0. The van der Waals surface area contributed by atoms with E-state index in [0.29, 0.717) is 23.4 Å².